The van der Waals surface area contributed by atoms with Crippen molar-refractivity contribution in [2.75, 3.05) is 38.2 Å². The van der Waals surface area contributed by atoms with E-state index in [0.717, 1.165) is 31.9 Å². The van der Waals surface area contributed by atoms with Crippen molar-refractivity contribution in [3.05, 3.63) is 28.3 Å². The number of fused-ring (bicyclic) bond motifs is 1. The van der Waals surface area contributed by atoms with Crippen molar-refractivity contribution in [3.63, 3.8) is 0 Å². The van der Waals surface area contributed by atoms with Gasteiger partial charge in [-0.15, -0.1) is 0 Å². The second kappa shape index (κ2) is 4.70. The molecule has 6 nitrogen and oxygen atoms in total. The first-order valence-corrected chi connectivity index (χ1v) is 6.47. The number of anilines is 1. The van der Waals surface area contributed by atoms with Crippen LogP contribution in [-0.4, -0.2) is 38.2 Å². The summed E-state index contributed by atoms with van der Waals surface area (Å²) >= 11 is 0. The third kappa shape index (κ3) is 2.12. The quantitative estimate of drug-likeness (QED) is 0.657. The normalized spacial score (nSPS) is 25.4. The van der Waals surface area contributed by atoms with E-state index in [1.165, 1.54) is 13.2 Å². The highest BCUT2D eigenvalue weighted by Crippen LogP contribution is 2.35. The van der Waals surface area contributed by atoms with Crippen LogP contribution >= 0.6 is 0 Å². The summed E-state index contributed by atoms with van der Waals surface area (Å²) in [6.07, 6.45) is 0. The Morgan fingerprint density at radius 3 is 2.63 bits per heavy atom. The summed E-state index contributed by atoms with van der Waals surface area (Å²) in [7, 11) is 1.47. The lowest BCUT2D eigenvalue weighted by molar-refractivity contribution is -0.385. The molecule has 2 atom stereocenters. The Balaban J connectivity index is 1.84. The van der Waals surface area contributed by atoms with E-state index in [4.69, 9.17) is 4.74 Å². The van der Waals surface area contributed by atoms with E-state index in [2.05, 4.69) is 10.2 Å². The Hall–Kier alpha value is -1.82. The minimum atomic E-state index is -0.411. The van der Waals surface area contributed by atoms with Gasteiger partial charge in [0, 0.05) is 44.0 Å². The average molecular weight is 263 g/mol. The van der Waals surface area contributed by atoms with Gasteiger partial charge >= 0.3 is 5.69 Å². The summed E-state index contributed by atoms with van der Waals surface area (Å²) in [4.78, 5) is 12.8. The van der Waals surface area contributed by atoms with Crippen LogP contribution < -0.4 is 15.0 Å². The van der Waals surface area contributed by atoms with Crippen LogP contribution in [0.4, 0.5) is 11.4 Å². The SMILES string of the molecule is COc1cc(N2C[C@H]3CNC[C@H]3C2)ccc1[N+](=O)[O-]. The van der Waals surface area contributed by atoms with Crippen molar-refractivity contribution in [2.24, 2.45) is 11.8 Å². The molecule has 0 aromatic heterocycles. The van der Waals surface area contributed by atoms with Crippen LogP contribution in [0.5, 0.6) is 5.75 Å². The molecule has 1 N–H and O–H groups in total. The van der Waals surface area contributed by atoms with Gasteiger partial charge in [-0.25, -0.2) is 0 Å². The Bertz CT molecular complexity index is 494. The molecular formula is C13H17N3O3. The first-order chi connectivity index (χ1) is 9.19. The molecule has 2 aliphatic heterocycles. The number of ether oxygens (including phenoxy) is 1. The zero-order valence-corrected chi connectivity index (χ0v) is 10.8. The summed E-state index contributed by atoms with van der Waals surface area (Å²) in [5.41, 5.74) is 1.03. The number of nitrogens with zero attached hydrogens (tertiary/aromatic N) is 2. The van der Waals surface area contributed by atoms with E-state index in [-0.39, 0.29) is 5.69 Å². The molecule has 0 radical (unpaired) electrons. The minimum absolute atomic E-state index is 0.0207. The Kier molecular flexibility index (Phi) is 3.02. The molecule has 6 heteroatoms. The van der Waals surface area contributed by atoms with Crippen molar-refractivity contribution in [3.8, 4) is 5.75 Å². The van der Waals surface area contributed by atoms with E-state index in [9.17, 15) is 10.1 Å². The number of nitro groups is 1. The molecule has 0 spiro atoms. The van der Waals surface area contributed by atoms with Gasteiger partial charge in [0.05, 0.1) is 12.0 Å². The molecule has 0 amide bonds. The summed E-state index contributed by atoms with van der Waals surface area (Å²) < 4.78 is 5.12. The number of nitro benzene ring substituents is 1. The minimum Gasteiger partial charge on any atom is -0.490 e. The van der Waals surface area contributed by atoms with Crippen molar-refractivity contribution in [1.82, 2.24) is 5.32 Å². The zero-order chi connectivity index (χ0) is 13.4. The first-order valence-electron chi connectivity index (χ1n) is 6.47. The highest BCUT2D eigenvalue weighted by molar-refractivity contribution is 5.59. The molecule has 1 aromatic carbocycles. The second-order valence-corrected chi connectivity index (χ2v) is 5.20. The average Bonchev–Trinajstić information content (AvgIpc) is 2.98. The van der Waals surface area contributed by atoms with Crippen LogP contribution in [-0.2, 0) is 0 Å². The van der Waals surface area contributed by atoms with Gasteiger partial charge in [0.2, 0.25) is 0 Å². The monoisotopic (exact) mass is 263 g/mol. The summed E-state index contributed by atoms with van der Waals surface area (Å²) in [6.45, 7) is 4.17. The third-order valence-electron chi connectivity index (χ3n) is 4.11. The van der Waals surface area contributed by atoms with E-state index < -0.39 is 4.92 Å². The van der Waals surface area contributed by atoms with E-state index in [0.29, 0.717) is 17.6 Å². The highest BCUT2D eigenvalue weighted by Gasteiger charge is 2.36. The van der Waals surface area contributed by atoms with Crippen LogP contribution in [0, 0.1) is 22.0 Å². The lowest BCUT2D eigenvalue weighted by atomic mass is 10.0. The van der Waals surface area contributed by atoms with Crippen molar-refractivity contribution < 1.29 is 9.66 Å². The van der Waals surface area contributed by atoms with Gasteiger partial charge in [0.15, 0.2) is 5.75 Å². The Morgan fingerprint density at radius 2 is 2.05 bits per heavy atom. The van der Waals surface area contributed by atoms with Crippen LogP contribution in [0.2, 0.25) is 0 Å². The summed E-state index contributed by atoms with van der Waals surface area (Å²) in [5.74, 6) is 1.72. The van der Waals surface area contributed by atoms with Gasteiger partial charge in [-0.2, -0.15) is 0 Å². The maximum atomic E-state index is 10.9. The number of hydrogen-bond donors (Lipinski definition) is 1. The van der Waals surface area contributed by atoms with E-state index >= 15 is 0 Å². The molecule has 3 rings (SSSR count). The molecule has 102 valence electrons. The Labute approximate surface area is 111 Å². The maximum Gasteiger partial charge on any atom is 0.311 e. The molecule has 2 saturated heterocycles. The largest absolute Gasteiger partial charge is 0.490 e. The van der Waals surface area contributed by atoms with Gasteiger partial charge < -0.3 is 15.0 Å². The predicted molar refractivity (Wildman–Crippen MR) is 71.7 cm³/mol. The number of hydrogen-bond acceptors (Lipinski definition) is 5. The van der Waals surface area contributed by atoms with Gasteiger partial charge in [0.1, 0.15) is 0 Å². The standard InChI is InChI=1S/C13H17N3O3/c1-19-13-4-11(2-3-12(13)16(17)18)15-7-9-5-14-6-10(9)8-15/h2-4,9-10,14H,5-8H2,1H3/t9-,10+. The van der Waals surface area contributed by atoms with Gasteiger partial charge in [-0.05, 0) is 17.9 Å². The fourth-order valence-corrected chi connectivity index (χ4v) is 3.08. The summed E-state index contributed by atoms with van der Waals surface area (Å²) in [5, 5.41) is 14.3. The molecule has 2 aliphatic rings. The first kappa shape index (κ1) is 12.2. The van der Waals surface area contributed by atoms with Crippen LogP contribution in [0.15, 0.2) is 18.2 Å². The molecule has 2 heterocycles. The number of rotatable bonds is 3. The zero-order valence-electron chi connectivity index (χ0n) is 10.8. The predicted octanol–water partition coefficient (Wildman–Crippen LogP) is 1.26. The molecule has 2 fully saturated rings. The third-order valence-corrected chi connectivity index (χ3v) is 4.11. The maximum absolute atomic E-state index is 10.9. The smallest absolute Gasteiger partial charge is 0.311 e. The van der Waals surface area contributed by atoms with Gasteiger partial charge in [0.25, 0.3) is 0 Å². The highest BCUT2D eigenvalue weighted by atomic mass is 16.6. The van der Waals surface area contributed by atoms with E-state index in [1.807, 2.05) is 6.07 Å². The van der Waals surface area contributed by atoms with Crippen LogP contribution in [0.25, 0.3) is 0 Å². The van der Waals surface area contributed by atoms with Crippen LogP contribution in [0.1, 0.15) is 0 Å². The second-order valence-electron chi connectivity index (χ2n) is 5.20. The number of benzene rings is 1. The summed E-state index contributed by atoms with van der Waals surface area (Å²) in [6, 6.07) is 5.11. The van der Waals surface area contributed by atoms with E-state index in [1.54, 1.807) is 6.07 Å². The molecule has 1 aromatic rings. The molecule has 0 aliphatic carbocycles. The van der Waals surface area contributed by atoms with Crippen molar-refractivity contribution >= 4 is 11.4 Å². The Morgan fingerprint density at radius 1 is 1.37 bits per heavy atom. The molecular weight excluding hydrogens is 246 g/mol. The lowest BCUT2D eigenvalue weighted by Crippen LogP contribution is -2.25. The lowest BCUT2D eigenvalue weighted by Gasteiger charge is -2.20. The molecule has 0 saturated carbocycles. The van der Waals surface area contributed by atoms with Crippen LogP contribution in [0.3, 0.4) is 0 Å². The van der Waals surface area contributed by atoms with Gasteiger partial charge in [-0.3, -0.25) is 10.1 Å². The fourth-order valence-electron chi connectivity index (χ4n) is 3.08. The van der Waals surface area contributed by atoms with Gasteiger partial charge in [-0.1, -0.05) is 0 Å². The van der Waals surface area contributed by atoms with Crippen molar-refractivity contribution in [1.29, 1.82) is 0 Å². The number of methoxy groups -OCH3 is 1. The molecule has 0 unspecified atom stereocenters. The number of nitrogens with one attached hydrogen (secondary N) is 1. The molecule has 0 bridgehead atoms. The van der Waals surface area contributed by atoms with Crippen molar-refractivity contribution in [2.45, 2.75) is 0 Å². The fraction of sp³-hybridized carbons (Fsp3) is 0.538. The topological polar surface area (TPSA) is 67.6 Å². The molecule has 19 heavy (non-hydrogen) atoms.